The highest BCUT2D eigenvalue weighted by molar-refractivity contribution is 7.20. The maximum absolute atomic E-state index is 12.4. The molecule has 0 radical (unpaired) electrons. The molecule has 0 aliphatic rings. The van der Waals surface area contributed by atoms with Crippen molar-refractivity contribution in [2.24, 2.45) is 0 Å². The molecule has 0 fully saturated rings. The maximum Gasteiger partial charge on any atom is 0.297 e. The third-order valence-corrected chi connectivity index (χ3v) is 4.07. The van der Waals surface area contributed by atoms with Crippen LogP contribution in [0.1, 0.15) is 11.3 Å². The summed E-state index contributed by atoms with van der Waals surface area (Å²) in [5.74, 6) is 1.15. The number of ether oxygens (including phenoxy) is 2. The molecule has 0 saturated carbocycles. The predicted molar refractivity (Wildman–Crippen MR) is 82.3 cm³/mol. The van der Waals surface area contributed by atoms with E-state index < -0.39 is 0 Å². The Morgan fingerprint density at radius 2 is 2.09 bits per heavy atom. The van der Waals surface area contributed by atoms with Crippen molar-refractivity contribution >= 4 is 27.9 Å². The number of aromatic nitrogens is 4. The van der Waals surface area contributed by atoms with Gasteiger partial charge in [0.05, 0.1) is 14.2 Å². The largest absolute Gasteiger partial charge is 0.493 e. The van der Waals surface area contributed by atoms with Crippen molar-refractivity contribution in [3.05, 3.63) is 44.3 Å². The van der Waals surface area contributed by atoms with Crippen molar-refractivity contribution in [2.45, 2.75) is 6.42 Å². The lowest BCUT2D eigenvalue weighted by Crippen LogP contribution is -2.22. The van der Waals surface area contributed by atoms with E-state index in [9.17, 15) is 4.79 Å². The molecule has 0 amide bonds. The van der Waals surface area contributed by atoms with Crippen LogP contribution in [-0.4, -0.2) is 34.0 Å². The summed E-state index contributed by atoms with van der Waals surface area (Å²) in [6.45, 7) is 0. The highest BCUT2D eigenvalue weighted by Crippen LogP contribution is 2.31. The smallest absolute Gasteiger partial charge is 0.297 e. The van der Waals surface area contributed by atoms with Crippen molar-refractivity contribution in [3.63, 3.8) is 0 Å². The summed E-state index contributed by atoms with van der Waals surface area (Å²) < 4.78 is 12.0. The number of methoxy groups -OCH3 is 2. The Morgan fingerprint density at radius 1 is 1.27 bits per heavy atom. The number of nitrogens with zero attached hydrogens (tertiary/aromatic N) is 4. The summed E-state index contributed by atoms with van der Waals surface area (Å²) in [6.07, 6.45) is 0.254. The SMILES string of the molecule is COc1cccc(Cc2nnc3sc(Cl)nn3c2=O)c1OC. The van der Waals surface area contributed by atoms with Gasteiger partial charge in [-0.2, -0.15) is 4.52 Å². The Hall–Kier alpha value is -2.19. The standard InChI is InChI=1S/C13H11ClN4O3S/c1-20-9-5-3-4-7(10(9)21-2)6-8-11(19)18-13(16-15-8)22-12(14)17-18/h3-5H,6H2,1-2H3. The Labute approximate surface area is 134 Å². The first kappa shape index (κ1) is 14.7. The molecule has 7 nitrogen and oxygen atoms in total. The fraction of sp³-hybridized carbons (Fsp3) is 0.231. The van der Waals surface area contributed by atoms with Gasteiger partial charge in [0, 0.05) is 12.0 Å². The van der Waals surface area contributed by atoms with E-state index in [1.807, 2.05) is 12.1 Å². The second kappa shape index (κ2) is 5.90. The Balaban J connectivity index is 2.07. The van der Waals surface area contributed by atoms with Gasteiger partial charge in [-0.05, 0) is 17.7 Å². The molecule has 1 aromatic carbocycles. The number of fused-ring (bicyclic) bond motifs is 1. The Kier molecular flexibility index (Phi) is 3.95. The highest BCUT2D eigenvalue weighted by atomic mass is 35.5. The van der Waals surface area contributed by atoms with E-state index in [-0.39, 0.29) is 22.1 Å². The van der Waals surface area contributed by atoms with Crippen LogP contribution in [0.5, 0.6) is 11.5 Å². The van der Waals surface area contributed by atoms with Gasteiger partial charge in [-0.15, -0.1) is 15.3 Å². The van der Waals surface area contributed by atoms with Gasteiger partial charge in [-0.1, -0.05) is 23.5 Å². The number of halogens is 1. The average molecular weight is 339 g/mol. The van der Waals surface area contributed by atoms with Gasteiger partial charge in [-0.25, -0.2) is 0 Å². The van der Waals surface area contributed by atoms with E-state index in [1.54, 1.807) is 20.3 Å². The van der Waals surface area contributed by atoms with Crippen molar-refractivity contribution in [1.82, 2.24) is 19.8 Å². The fourth-order valence-electron chi connectivity index (χ4n) is 2.11. The van der Waals surface area contributed by atoms with E-state index >= 15 is 0 Å². The monoisotopic (exact) mass is 338 g/mol. The number of para-hydroxylation sites is 1. The van der Waals surface area contributed by atoms with Crippen LogP contribution in [0.2, 0.25) is 4.47 Å². The van der Waals surface area contributed by atoms with Crippen LogP contribution in [-0.2, 0) is 6.42 Å². The molecule has 22 heavy (non-hydrogen) atoms. The molecule has 0 spiro atoms. The van der Waals surface area contributed by atoms with Gasteiger partial charge < -0.3 is 9.47 Å². The topological polar surface area (TPSA) is 78.6 Å². The fourth-order valence-corrected chi connectivity index (χ4v) is 2.96. The number of rotatable bonds is 4. The van der Waals surface area contributed by atoms with Gasteiger partial charge in [0.15, 0.2) is 11.5 Å². The lowest BCUT2D eigenvalue weighted by atomic mass is 10.1. The van der Waals surface area contributed by atoms with Crippen LogP contribution >= 0.6 is 22.9 Å². The van der Waals surface area contributed by atoms with Gasteiger partial charge in [0.1, 0.15) is 5.69 Å². The third-order valence-electron chi connectivity index (χ3n) is 3.07. The molecule has 9 heteroatoms. The zero-order valence-electron chi connectivity index (χ0n) is 11.7. The van der Waals surface area contributed by atoms with Gasteiger partial charge >= 0.3 is 0 Å². The van der Waals surface area contributed by atoms with Crippen LogP contribution in [0.25, 0.3) is 4.96 Å². The second-order valence-corrected chi connectivity index (χ2v) is 5.87. The maximum atomic E-state index is 12.4. The summed E-state index contributed by atoms with van der Waals surface area (Å²) in [5, 5.41) is 11.9. The van der Waals surface area contributed by atoms with Gasteiger partial charge in [-0.3, -0.25) is 4.79 Å². The molecule has 3 rings (SSSR count). The second-order valence-electron chi connectivity index (χ2n) is 4.33. The van der Waals surface area contributed by atoms with Crippen molar-refractivity contribution < 1.29 is 9.47 Å². The van der Waals surface area contributed by atoms with E-state index in [0.29, 0.717) is 16.5 Å². The molecule has 0 atom stereocenters. The molecular weight excluding hydrogens is 328 g/mol. The predicted octanol–water partition coefficient (Wildman–Crippen LogP) is 1.81. The number of hydrogen-bond donors (Lipinski definition) is 0. The van der Waals surface area contributed by atoms with Crippen molar-refractivity contribution in [1.29, 1.82) is 0 Å². The van der Waals surface area contributed by atoms with Crippen LogP contribution < -0.4 is 15.0 Å². The normalized spacial score (nSPS) is 10.9. The van der Waals surface area contributed by atoms with Crippen molar-refractivity contribution in [2.75, 3.05) is 14.2 Å². The molecule has 2 aromatic heterocycles. The lowest BCUT2D eigenvalue weighted by Gasteiger charge is -2.11. The summed E-state index contributed by atoms with van der Waals surface area (Å²) in [7, 11) is 3.10. The minimum absolute atomic E-state index is 0.238. The molecule has 114 valence electrons. The Bertz CT molecular complexity index is 893. The third kappa shape index (κ3) is 2.51. The van der Waals surface area contributed by atoms with Crippen LogP contribution in [0, 0.1) is 0 Å². The molecule has 3 aromatic rings. The van der Waals surface area contributed by atoms with Crippen LogP contribution in [0.15, 0.2) is 23.0 Å². The minimum atomic E-state index is -0.349. The summed E-state index contributed by atoms with van der Waals surface area (Å²) in [5.41, 5.74) is 0.679. The van der Waals surface area contributed by atoms with E-state index in [1.165, 1.54) is 0 Å². The van der Waals surface area contributed by atoms with Crippen LogP contribution in [0.3, 0.4) is 0 Å². The lowest BCUT2D eigenvalue weighted by molar-refractivity contribution is 0.352. The first-order chi connectivity index (χ1) is 10.6. The summed E-state index contributed by atoms with van der Waals surface area (Å²) >= 11 is 6.89. The van der Waals surface area contributed by atoms with E-state index in [4.69, 9.17) is 21.1 Å². The summed E-state index contributed by atoms with van der Waals surface area (Å²) in [6, 6.07) is 5.44. The minimum Gasteiger partial charge on any atom is -0.493 e. The molecule has 0 unspecified atom stereocenters. The number of benzene rings is 1. The molecule has 0 bridgehead atoms. The zero-order chi connectivity index (χ0) is 15.7. The Morgan fingerprint density at radius 3 is 2.82 bits per heavy atom. The van der Waals surface area contributed by atoms with E-state index in [0.717, 1.165) is 21.4 Å². The molecular formula is C13H11ClN4O3S. The molecule has 0 N–H and O–H groups in total. The van der Waals surface area contributed by atoms with E-state index in [2.05, 4.69) is 15.3 Å². The summed E-state index contributed by atoms with van der Waals surface area (Å²) in [4.78, 5) is 12.7. The van der Waals surface area contributed by atoms with Crippen LogP contribution in [0.4, 0.5) is 0 Å². The van der Waals surface area contributed by atoms with Gasteiger partial charge in [0.25, 0.3) is 5.56 Å². The first-order valence-corrected chi connectivity index (χ1v) is 7.44. The molecule has 0 saturated heterocycles. The number of hydrogen-bond acceptors (Lipinski definition) is 7. The molecule has 2 heterocycles. The average Bonchev–Trinajstić information content (AvgIpc) is 2.91. The highest BCUT2D eigenvalue weighted by Gasteiger charge is 2.15. The first-order valence-electron chi connectivity index (χ1n) is 6.25. The van der Waals surface area contributed by atoms with Crippen molar-refractivity contribution in [3.8, 4) is 11.5 Å². The zero-order valence-corrected chi connectivity index (χ0v) is 13.3. The molecule has 0 aliphatic carbocycles. The molecule has 0 aliphatic heterocycles. The quantitative estimate of drug-likeness (QED) is 0.722. The van der Waals surface area contributed by atoms with Gasteiger partial charge in [0.2, 0.25) is 9.43 Å².